The summed E-state index contributed by atoms with van der Waals surface area (Å²) in [7, 11) is -4.12. The molecule has 0 saturated heterocycles. The lowest BCUT2D eigenvalue weighted by Crippen LogP contribution is -2.53. The lowest BCUT2D eigenvalue weighted by atomic mass is 9.90. The van der Waals surface area contributed by atoms with Crippen LogP contribution in [0, 0.1) is 5.82 Å². The molecule has 0 amide bonds. The fourth-order valence-electron chi connectivity index (χ4n) is 3.41. The van der Waals surface area contributed by atoms with Crippen LogP contribution in [0.25, 0.3) is 11.1 Å². The Labute approximate surface area is 208 Å². The first-order valence-corrected chi connectivity index (χ1v) is 11.8. The van der Waals surface area contributed by atoms with Crippen LogP contribution in [0.1, 0.15) is 16.7 Å². The van der Waals surface area contributed by atoms with Crippen molar-refractivity contribution in [3.8, 4) is 11.1 Å². The van der Waals surface area contributed by atoms with Gasteiger partial charge in [0.05, 0.1) is 11.3 Å². The van der Waals surface area contributed by atoms with Gasteiger partial charge in [0.2, 0.25) is 10.0 Å². The first-order chi connectivity index (χ1) is 17.2. The molecule has 38 heavy (non-hydrogen) atoms. The second kappa shape index (κ2) is 9.76. The molecule has 0 aromatic heterocycles. The molecule has 0 radical (unpaired) electrons. The molecule has 0 aliphatic heterocycles. The molecule has 206 valence electrons. The van der Waals surface area contributed by atoms with Gasteiger partial charge in [-0.1, -0.05) is 36.4 Å². The van der Waals surface area contributed by atoms with Gasteiger partial charge in [-0.25, -0.2) is 12.8 Å². The molecule has 15 heteroatoms. The molecule has 0 bridgehead atoms. The molecule has 0 atom stereocenters. The van der Waals surface area contributed by atoms with Crippen LogP contribution in [0.5, 0.6) is 0 Å². The summed E-state index contributed by atoms with van der Waals surface area (Å²) in [4.78, 5) is 0. The molecule has 3 aromatic rings. The molecule has 3 rings (SSSR count). The van der Waals surface area contributed by atoms with Crippen LogP contribution in [-0.2, 0) is 27.6 Å². The van der Waals surface area contributed by atoms with Crippen molar-refractivity contribution in [3.63, 3.8) is 0 Å². The topological polar surface area (TPSA) is 66.4 Å². The maximum atomic E-state index is 14.5. The van der Waals surface area contributed by atoms with E-state index < -0.39 is 62.4 Å². The van der Waals surface area contributed by atoms with Crippen molar-refractivity contribution < 1.29 is 57.4 Å². The summed E-state index contributed by atoms with van der Waals surface area (Å²) >= 11 is 0. The normalized spacial score (nSPS) is 13.4. The summed E-state index contributed by atoms with van der Waals surface area (Å²) in [6, 6.07) is 8.62. The van der Waals surface area contributed by atoms with Gasteiger partial charge in [-0.05, 0) is 41.5 Å². The van der Waals surface area contributed by atoms with E-state index in [0.29, 0.717) is 18.2 Å². The van der Waals surface area contributed by atoms with Gasteiger partial charge in [0.15, 0.2) is 0 Å². The third-order valence-electron chi connectivity index (χ3n) is 5.31. The van der Waals surface area contributed by atoms with Crippen LogP contribution in [0.3, 0.4) is 0 Å². The summed E-state index contributed by atoms with van der Waals surface area (Å²) in [5, 5.41) is 9.41. The number of sulfonamides is 1. The van der Waals surface area contributed by atoms with Crippen molar-refractivity contribution in [2.24, 2.45) is 0 Å². The number of nitrogens with one attached hydrogen (secondary N) is 1. The summed E-state index contributed by atoms with van der Waals surface area (Å²) in [6.07, 6.45) is -17.0. The number of hydrogen-bond donors (Lipinski definition) is 2. The van der Waals surface area contributed by atoms with Gasteiger partial charge in [0, 0.05) is 16.8 Å². The van der Waals surface area contributed by atoms with Gasteiger partial charge in [-0.2, -0.15) is 39.5 Å². The Kier molecular flexibility index (Phi) is 7.51. The van der Waals surface area contributed by atoms with Crippen LogP contribution in [0.15, 0.2) is 66.7 Å². The Morgan fingerprint density at radius 2 is 1.21 bits per heavy atom. The Balaban J connectivity index is 1.80. The molecule has 0 spiro atoms. The predicted molar refractivity (Wildman–Crippen MR) is 116 cm³/mol. The van der Waals surface area contributed by atoms with Crippen molar-refractivity contribution in [3.05, 3.63) is 89.2 Å². The number of alkyl halides is 9. The Morgan fingerprint density at radius 1 is 0.711 bits per heavy atom. The zero-order chi connectivity index (χ0) is 28.7. The summed E-state index contributed by atoms with van der Waals surface area (Å²) < 4.78 is 157. The average molecular weight is 575 g/mol. The van der Waals surface area contributed by atoms with E-state index in [2.05, 4.69) is 4.72 Å². The van der Waals surface area contributed by atoms with Gasteiger partial charge in [0.1, 0.15) is 5.82 Å². The van der Waals surface area contributed by atoms with E-state index in [1.165, 1.54) is 0 Å². The van der Waals surface area contributed by atoms with Crippen LogP contribution >= 0.6 is 0 Å². The van der Waals surface area contributed by atoms with Crippen LogP contribution in [0.2, 0.25) is 0 Å². The van der Waals surface area contributed by atoms with Crippen molar-refractivity contribution in [1.82, 2.24) is 0 Å². The highest BCUT2D eigenvalue weighted by molar-refractivity contribution is 7.91. The number of halogens is 10. The zero-order valence-corrected chi connectivity index (χ0v) is 19.3. The predicted octanol–water partition coefficient (Wildman–Crippen LogP) is 6.77. The number of rotatable bonds is 6. The number of benzene rings is 3. The minimum atomic E-state index is -6.20. The molecule has 0 heterocycles. The quantitative estimate of drug-likeness (QED) is 0.319. The molecule has 0 aliphatic rings. The third kappa shape index (κ3) is 6.04. The van der Waals surface area contributed by atoms with Crippen LogP contribution in [-0.4, -0.2) is 25.9 Å². The number of anilines is 1. The van der Waals surface area contributed by atoms with E-state index in [9.17, 15) is 57.4 Å². The maximum Gasteiger partial charge on any atom is 0.430 e. The zero-order valence-electron chi connectivity index (χ0n) is 18.5. The number of aliphatic hydroxyl groups is 1. The van der Waals surface area contributed by atoms with Gasteiger partial charge in [-0.3, -0.25) is 4.72 Å². The second-order valence-corrected chi connectivity index (χ2v) is 9.76. The van der Waals surface area contributed by atoms with E-state index >= 15 is 0 Å². The lowest BCUT2D eigenvalue weighted by molar-refractivity contribution is -0.376. The molecule has 0 unspecified atom stereocenters. The fraction of sp³-hybridized carbons (Fsp3) is 0.217. The average Bonchev–Trinajstić information content (AvgIpc) is 2.77. The molecule has 4 nitrogen and oxygen atoms in total. The summed E-state index contributed by atoms with van der Waals surface area (Å²) in [5.74, 6) is -2.21. The van der Waals surface area contributed by atoms with Crippen LogP contribution < -0.4 is 4.72 Å². The van der Waals surface area contributed by atoms with E-state index in [0.717, 1.165) is 36.4 Å². The minimum absolute atomic E-state index is 0.0435. The van der Waals surface area contributed by atoms with Gasteiger partial charge < -0.3 is 5.11 Å². The molecular weight excluding hydrogens is 560 g/mol. The Hall–Kier alpha value is -3.33. The molecule has 0 aliphatic carbocycles. The molecule has 3 aromatic carbocycles. The van der Waals surface area contributed by atoms with Gasteiger partial charge in [-0.15, -0.1) is 0 Å². The first kappa shape index (κ1) is 29.2. The van der Waals surface area contributed by atoms with Crippen molar-refractivity contribution in [2.75, 3.05) is 4.72 Å². The maximum absolute atomic E-state index is 14.5. The summed E-state index contributed by atoms with van der Waals surface area (Å²) in [6.45, 7) is 0. The van der Waals surface area contributed by atoms with Gasteiger partial charge >= 0.3 is 18.5 Å². The third-order valence-corrected chi connectivity index (χ3v) is 6.57. The smallest absolute Gasteiger partial charge is 0.369 e. The van der Waals surface area contributed by atoms with Crippen molar-refractivity contribution in [2.45, 2.75) is 29.9 Å². The van der Waals surface area contributed by atoms with E-state index in [4.69, 9.17) is 0 Å². The minimum Gasteiger partial charge on any atom is -0.369 e. The van der Waals surface area contributed by atoms with E-state index in [1.807, 2.05) is 0 Å². The Morgan fingerprint density at radius 3 is 1.66 bits per heavy atom. The van der Waals surface area contributed by atoms with Gasteiger partial charge in [0.25, 0.3) is 5.60 Å². The monoisotopic (exact) mass is 575 g/mol. The SMILES string of the molecule is O=S(=O)(Cc1ccc(C(F)(F)F)cc1)Nc1ccc(-c2ccc(C(O)(C(F)(F)F)C(F)(F)F)cc2F)cc1. The molecule has 0 saturated carbocycles. The largest absolute Gasteiger partial charge is 0.430 e. The van der Waals surface area contributed by atoms with Crippen molar-refractivity contribution >= 4 is 15.7 Å². The van der Waals surface area contributed by atoms with Crippen LogP contribution in [0.4, 0.5) is 49.6 Å². The highest BCUT2D eigenvalue weighted by atomic mass is 32.2. The number of hydrogen-bond acceptors (Lipinski definition) is 3. The molecular formula is C23H15F10NO3S. The van der Waals surface area contributed by atoms with Crippen molar-refractivity contribution in [1.29, 1.82) is 0 Å². The molecule has 0 fully saturated rings. The van der Waals surface area contributed by atoms with E-state index in [-0.39, 0.29) is 28.9 Å². The molecule has 2 N–H and O–H groups in total. The lowest BCUT2D eigenvalue weighted by Gasteiger charge is -2.32. The standard InChI is InChI=1S/C23H15F10NO3S/c24-19-11-16(20(35,22(28,29)30)23(31,32)33)7-10-18(19)14-3-8-17(9-4-14)34-38(36,37)12-13-1-5-15(6-2-13)21(25,26)27/h1-11,34-35H,12H2. The highest BCUT2D eigenvalue weighted by Gasteiger charge is 2.71. The summed E-state index contributed by atoms with van der Waals surface area (Å²) in [5.41, 5.74) is -8.59. The second-order valence-electron chi connectivity index (χ2n) is 8.03. The highest BCUT2D eigenvalue weighted by Crippen LogP contribution is 2.50. The van der Waals surface area contributed by atoms with E-state index in [1.54, 1.807) is 0 Å². The fourth-order valence-corrected chi connectivity index (χ4v) is 4.60. The first-order valence-electron chi connectivity index (χ1n) is 10.2. The Bertz CT molecular complexity index is 1380.